The van der Waals surface area contributed by atoms with Crippen LogP contribution in [0.2, 0.25) is 0 Å². The van der Waals surface area contributed by atoms with Crippen molar-refractivity contribution < 1.29 is 0 Å². The fourth-order valence-corrected chi connectivity index (χ4v) is 3.06. The van der Waals surface area contributed by atoms with Crippen LogP contribution in [-0.4, -0.2) is 48.6 Å². The number of hydrogen-bond donors (Lipinski definition) is 1. The van der Waals surface area contributed by atoms with Crippen molar-refractivity contribution in [3.63, 3.8) is 0 Å². The molecule has 0 amide bonds. The molecule has 118 valence electrons. The van der Waals surface area contributed by atoms with Gasteiger partial charge >= 0.3 is 0 Å². The number of nitrogens with zero attached hydrogens (tertiary/aromatic N) is 3. The first-order valence-corrected chi connectivity index (χ1v) is 8.04. The van der Waals surface area contributed by atoms with Gasteiger partial charge in [-0.15, -0.1) is 0 Å². The summed E-state index contributed by atoms with van der Waals surface area (Å²) in [4.78, 5) is 9.76. The lowest BCUT2D eigenvalue weighted by Crippen LogP contribution is -2.51. The van der Waals surface area contributed by atoms with Gasteiger partial charge in [0.05, 0.1) is 0 Å². The average Bonchev–Trinajstić information content (AvgIpc) is 2.36. The van der Waals surface area contributed by atoms with Gasteiger partial charge in [0.25, 0.3) is 0 Å². The van der Waals surface area contributed by atoms with E-state index in [1.54, 1.807) is 0 Å². The molecule has 1 N–H and O–H groups in total. The summed E-state index contributed by atoms with van der Waals surface area (Å²) in [7, 11) is 2.20. The second-order valence-electron chi connectivity index (χ2n) is 6.72. The van der Waals surface area contributed by atoms with E-state index in [0.717, 1.165) is 31.9 Å². The van der Waals surface area contributed by atoms with Crippen molar-refractivity contribution in [3.05, 3.63) is 22.9 Å². The van der Waals surface area contributed by atoms with Gasteiger partial charge < -0.3 is 15.1 Å². The molecule has 0 bridgehead atoms. The van der Waals surface area contributed by atoms with Crippen LogP contribution in [0, 0.1) is 13.8 Å². The molecule has 1 aliphatic heterocycles. The first-order valence-electron chi connectivity index (χ1n) is 8.04. The number of piperazine rings is 1. The van der Waals surface area contributed by atoms with Crippen molar-refractivity contribution in [1.29, 1.82) is 0 Å². The summed E-state index contributed by atoms with van der Waals surface area (Å²) >= 11 is 0. The molecular formula is C17H30N4. The number of pyridine rings is 1. The molecule has 1 unspecified atom stereocenters. The Morgan fingerprint density at radius 2 is 2.05 bits per heavy atom. The minimum Gasteiger partial charge on any atom is -0.351 e. The van der Waals surface area contributed by atoms with Crippen molar-refractivity contribution in [3.8, 4) is 0 Å². The second kappa shape index (κ2) is 6.75. The third-order valence-corrected chi connectivity index (χ3v) is 4.24. The van der Waals surface area contributed by atoms with Crippen molar-refractivity contribution >= 4 is 5.82 Å². The highest BCUT2D eigenvalue weighted by atomic mass is 15.3. The fraction of sp³-hybridized carbons (Fsp3) is 0.706. The standard InChI is InChI=1S/C17H30N4/c1-12(2)18-10-16-13(3)9-14(4)19-17(16)21-8-7-20(6)11-15(21)5/h9,12,15,18H,7-8,10-11H2,1-6H3. The second-order valence-corrected chi connectivity index (χ2v) is 6.72. The SMILES string of the molecule is Cc1cc(C)c(CNC(C)C)c(N2CCN(C)CC2C)n1. The molecule has 1 fully saturated rings. The molecule has 4 nitrogen and oxygen atoms in total. The van der Waals surface area contributed by atoms with Crippen LogP contribution >= 0.6 is 0 Å². The van der Waals surface area contributed by atoms with E-state index >= 15 is 0 Å². The third-order valence-electron chi connectivity index (χ3n) is 4.24. The molecule has 2 rings (SSSR count). The Hall–Kier alpha value is -1.13. The molecule has 1 aromatic heterocycles. The highest BCUT2D eigenvalue weighted by Crippen LogP contribution is 2.26. The van der Waals surface area contributed by atoms with E-state index < -0.39 is 0 Å². The van der Waals surface area contributed by atoms with Crippen LogP contribution < -0.4 is 10.2 Å². The van der Waals surface area contributed by atoms with Gasteiger partial charge in [-0.3, -0.25) is 0 Å². The number of aryl methyl sites for hydroxylation is 2. The highest BCUT2D eigenvalue weighted by molar-refractivity contribution is 5.52. The van der Waals surface area contributed by atoms with Crippen LogP contribution in [0.3, 0.4) is 0 Å². The third kappa shape index (κ3) is 3.95. The zero-order valence-electron chi connectivity index (χ0n) is 14.4. The molecule has 1 aliphatic rings. The Labute approximate surface area is 129 Å². The summed E-state index contributed by atoms with van der Waals surface area (Å²) < 4.78 is 0. The molecular weight excluding hydrogens is 260 g/mol. The molecule has 1 saturated heterocycles. The maximum atomic E-state index is 4.88. The zero-order chi connectivity index (χ0) is 15.6. The number of anilines is 1. The Morgan fingerprint density at radius 1 is 1.33 bits per heavy atom. The van der Waals surface area contributed by atoms with Crippen LogP contribution in [-0.2, 0) is 6.54 Å². The van der Waals surface area contributed by atoms with Gasteiger partial charge in [0.2, 0.25) is 0 Å². The highest BCUT2D eigenvalue weighted by Gasteiger charge is 2.25. The molecule has 2 heterocycles. The van der Waals surface area contributed by atoms with E-state index in [1.807, 2.05) is 0 Å². The molecule has 1 aromatic rings. The van der Waals surface area contributed by atoms with Crippen molar-refractivity contribution in [2.45, 2.75) is 53.2 Å². The maximum Gasteiger partial charge on any atom is 0.133 e. The predicted molar refractivity (Wildman–Crippen MR) is 90.0 cm³/mol. The Kier molecular flexibility index (Phi) is 5.22. The fourth-order valence-electron chi connectivity index (χ4n) is 3.06. The molecule has 0 saturated carbocycles. The van der Waals surface area contributed by atoms with E-state index in [1.165, 1.54) is 16.9 Å². The smallest absolute Gasteiger partial charge is 0.133 e. The van der Waals surface area contributed by atoms with Crippen molar-refractivity contribution in [1.82, 2.24) is 15.2 Å². The van der Waals surface area contributed by atoms with E-state index in [-0.39, 0.29) is 0 Å². The van der Waals surface area contributed by atoms with Crippen LogP contribution in [0.15, 0.2) is 6.07 Å². The van der Waals surface area contributed by atoms with Gasteiger partial charge in [-0.05, 0) is 39.4 Å². The van der Waals surface area contributed by atoms with Gasteiger partial charge in [-0.25, -0.2) is 4.98 Å². The zero-order valence-corrected chi connectivity index (χ0v) is 14.4. The van der Waals surface area contributed by atoms with Gasteiger partial charge in [-0.2, -0.15) is 0 Å². The molecule has 0 spiro atoms. The molecule has 0 aliphatic carbocycles. The lowest BCUT2D eigenvalue weighted by atomic mass is 10.1. The van der Waals surface area contributed by atoms with Crippen LogP contribution in [0.25, 0.3) is 0 Å². The van der Waals surface area contributed by atoms with Crippen LogP contribution in [0.1, 0.15) is 37.6 Å². The minimum atomic E-state index is 0.489. The van der Waals surface area contributed by atoms with Crippen LogP contribution in [0.5, 0.6) is 0 Å². The largest absolute Gasteiger partial charge is 0.351 e. The number of aromatic nitrogens is 1. The monoisotopic (exact) mass is 290 g/mol. The van der Waals surface area contributed by atoms with Gasteiger partial charge in [0, 0.05) is 49.5 Å². The Morgan fingerprint density at radius 3 is 2.67 bits per heavy atom. The first kappa shape index (κ1) is 16.2. The summed E-state index contributed by atoms with van der Waals surface area (Å²) in [6, 6.07) is 3.19. The molecule has 21 heavy (non-hydrogen) atoms. The number of rotatable bonds is 4. The lowest BCUT2D eigenvalue weighted by molar-refractivity contribution is 0.274. The predicted octanol–water partition coefficient (Wildman–Crippen LogP) is 2.34. The van der Waals surface area contributed by atoms with Gasteiger partial charge in [-0.1, -0.05) is 13.8 Å². The molecule has 0 radical (unpaired) electrons. The number of hydrogen-bond acceptors (Lipinski definition) is 4. The lowest BCUT2D eigenvalue weighted by Gasteiger charge is -2.40. The maximum absolute atomic E-state index is 4.88. The normalized spacial score (nSPS) is 20.3. The van der Waals surface area contributed by atoms with Crippen molar-refractivity contribution in [2.75, 3.05) is 31.6 Å². The first-order chi connectivity index (χ1) is 9.88. The average molecular weight is 290 g/mol. The molecule has 1 atom stereocenters. The van der Waals surface area contributed by atoms with E-state index in [2.05, 4.69) is 62.8 Å². The van der Waals surface area contributed by atoms with Gasteiger partial charge in [0.1, 0.15) is 5.82 Å². The summed E-state index contributed by atoms with van der Waals surface area (Å²) in [5.41, 5.74) is 3.81. The summed E-state index contributed by atoms with van der Waals surface area (Å²) in [5, 5.41) is 3.55. The van der Waals surface area contributed by atoms with Crippen molar-refractivity contribution in [2.24, 2.45) is 0 Å². The Bertz CT molecular complexity index is 484. The quantitative estimate of drug-likeness (QED) is 0.922. The molecule has 0 aromatic carbocycles. The minimum absolute atomic E-state index is 0.489. The summed E-state index contributed by atoms with van der Waals surface area (Å²) in [6.45, 7) is 15.1. The molecule has 4 heteroatoms. The van der Waals surface area contributed by atoms with E-state index in [9.17, 15) is 0 Å². The van der Waals surface area contributed by atoms with Gasteiger partial charge in [0.15, 0.2) is 0 Å². The summed E-state index contributed by atoms with van der Waals surface area (Å²) in [6.07, 6.45) is 0. The van der Waals surface area contributed by atoms with E-state index in [0.29, 0.717) is 12.1 Å². The summed E-state index contributed by atoms with van der Waals surface area (Å²) in [5.74, 6) is 1.18. The van der Waals surface area contributed by atoms with Crippen LogP contribution in [0.4, 0.5) is 5.82 Å². The number of nitrogens with one attached hydrogen (secondary N) is 1. The number of likely N-dealkylation sites (N-methyl/N-ethyl adjacent to an activating group) is 1. The van der Waals surface area contributed by atoms with E-state index in [4.69, 9.17) is 4.98 Å². The topological polar surface area (TPSA) is 31.4 Å². The Balaban J connectivity index is 2.32.